The summed E-state index contributed by atoms with van der Waals surface area (Å²) in [4.78, 5) is 33.8. The summed E-state index contributed by atoms with van der Waals surface area (Å²) < 4.78 is 11.6. The normalized spacial score (nSPS) is 12.7. The zero-order chi connectivity index (χ0) is 20.6. The largest absolute Gasteiger partial charge is 0.595 e. The molecular formula is C19H26N2O5P+. The number of carboxylic acid groups (broad SMARTS) is 1. The predicted molar refractivity (Wildman–Crippen MR) is 101 cm³/mol. The van der Waals surface area contributed by atoms with E-state index < -0.39 is 32.1 Å². The number of aliphatic carboxylic acids is 1. The number of amides is 1. The van der Waals surface area contributed by atoms with Crippen LogP contribution in [0.5, 0.6) is 0 Å². The van der Waals surface area contributed by atoms with Gasteiger partial charge in [-0.15, -0.1) is 0 Å². The smallest absolute Gasteiger partial charge is 0.357 e. The highest BCUT2D eigenvalue weighted by atomic mass is 31.1. The fourth-order valence-corrected chi connectivity index (χ4v) is 2.74. The van der Waals surface area contributed by atoms with Gasteiger partial charge in [-0.25, -0.2) is 4.79 Å². The van der Waals surface area contributed by atoms with Gasteiger partial charge in [0, 0.05) is 17.0 Å². The lowest BCUT2D eigenvalue weighted by Crippen LogP contribution is -2.39. The molecule has 0 aromatic heterocycles. The summed E-state index contributed by atoms with van der Waals surface area (Å²) in [6, 6.07) is 6.93. The molecule has 1 rings (SSSR count). The van der Waals surface area contributed by atoms with Crippen LogP contribution in [0.25, 0.3) is 0 Å². The number of hydrogen-bond acceptors (Lipinski definition) is 4. The van der Waals surface area contributed by atoms with Crippen LogP contribution in [-0.2, 0) is 15.9 Å². The molecule has 1 amide bonds. The van der Waals surface area contributed by atoms with E-state index >= 15 is 0 Å². The van der Waals surface area contributed by atoms with E-state index in [0.29, 0.717) is 22.5 Å². The first-order valence-electron chi connectivity index (χ1n) is 8.55. The van der Waals surface area contributed by atoms with Crippen LogP contribution in [-0.4, -0.2) is 54.3 Å². The van der Waals surface area contributed by atoms with E-state index in [1.807, 2.05) is 26.0 Å². The molecule has 0 radical (unpaired) electrons. The average Bonchev–Trinajstić information content (AvgIpc) is 2.53. The third-order valence-corrected chi connectivity index (χ3v) is 4.63. The van der Waals surface area contributed by atoms with Gasteiger partial charge in [-0.1, -0.05) is 36.5 Å². The summed E-state index contributed by atoms with van der Waals surface area (Å²) in [5.41, 5.74) is -0.254. The van der Waals surface area contributed by atoms with Crippen LogP contribution in [0.3, 0.4) is 0 Å². The van der Waals surface area contributed by atoms with E-state index in [4.69, 9.17) is 5.11 Å². The number of hydrogen-bond donors (Lipinski definition) is 2. The van der Waals surface area contributed by atoms with E-state index in [-0.39, 0.29) is 0 Å². The standard InChI is InChI=1S/C19H25N2O5P/c1-14(2)6-5-11-21(3,4)13-15-7-9-16(10-8-15)18(22)20-12-17(19(23)24)27(25)26/h7-10,14,17H,11-13H2,1-4H3,(H-,20,22,23,24)/p+1. The zero-order valence-corrected chi connectivity index (χ0v) is 17.0. The average molecular weight is 393 g/mol. The molecule has 0 fully saturated rings. The lowest BCUT2D eigenvalue weighted by atomic mass is 10.1. The Bertz CT molecular complexity index is 734. The number of quaternary nitrogens is 1. The monoisotopic (exact) mass is 393 g/mol. The summed E-state index contributed by atoms with van der Waals surface area (Å²) in [6.45, 7) is 5.08. The second kappa shape index (κ2) is 10.2. The predicted octanol–water partition coefficient (Wildman–Crippen LogP) is 1.21. The van der Waals surface area contributed by atoms with Crippen LogP contribution in [0.15, 0.2) is 24.3 Å². The van der Waals surface area contributed by atoms with Crippen LogP contribution < -0.4 is 10.2 Å². The van der Waals surface area contributed by atoms with Crippen LogP contribution in [0.2, 0.25) is 0 Å². The molecule has 0 aliphatic heterocycles. The number of nitrogens with one attached hydrogen (secondary N) is 1. The SMILES string of the molecule is CC(C)C#CC[N+](C)(C)Cc1ccc(C(=O)NCC(C(=O)O)[P+](=O)[O-])cc1. The van der Waals surface area contributed by atoms with Crippen molar-refractivity contribution in [1.29, 1.82) is 0 Å². The van der Waals surface area contributed by atoms with Gasteiger partial charge in [-0.2, -0.15) is 0 Å². The first-order chi connectivity index (χ1) is 12.5. The molecule has 1 aromatic rings. The van der Waals surface area contributed by atoms with Crippen molar-refractivity contribution >= 4 is 19.9 Å². The Morgan fingerprint density at radius 2 is 1.85 bits per heavy atom. The van der Waals surface area contributed by atoms with Crippen molar-refractivity contribution < 1.29 is 28.6 Å². The third kappa shape index (κ3) is 8.31. The van der Waals surface area contributed by atoms with Crippen LogP contribution in [0.4, 0.5) is 0 Å². The fourth-order valence-electron chi connectivity index (χ4n) is 2.32. The second-order valence-electron chi connectivity index (χ2n) is 7.27. The second-order valence-corrected chi connectivity index (χ2v) is 8.47. The van der Waals surface area contributed by atoms with Gasteiger partial charge in [0.1, 0.15) is 13.1 Å². The minimum absolute atomic E-state index is 0.336. The quantitative estimate of drug-likeness (QED) is 0.392. The fraction of sp³-hybridized carbons (Fsp3) is 0.474. The summed E-state index contributed by atoms with van der Waals surface area (Å²) in [5, 5.41) is 11.2. The van der Waals surface area contributed by atoms with Gasteiger partial charge in [-0.05, 0) is 18.1 Å². The topological polar surface area (TPSA) is 107 Å². The van der Waals surface area contributed by atoms with E-state index in [0.717, 1.165) is 12.1 Å². The van der Waals surface area contributed by atoms with Gasteiger partial charge in [0.25, 0.3) is 11.6 Å². The van der Waals surface area contributed by atoms with E-state index in [9.17, 15) is 19.0 Å². The molecule has 146 valence electrons. The molecule has 8 heteroatoms. The molecule has 7 nitrogen and oxygen atoms in total. The lowest BCUT2D eigenvalue weighted by Gasteiger charge is -2.27. The van der Waals surface area contributed by atoms with Gasteiger partial charge >= 0.3 is 14.0 Å². The highest BCUT2D eigenvalue weighted by Gasteiger charge is 2.30. The highest BCUT2D eigenvalue weighted by Crippen LogP contribution is 2.17. The summed E-state index contributed by atoms with van der Waals surface area (Å²) >= 11 is 0. The minimum Gasteiger partial charge on any atom is -0.595 e. The maximum Gasteiger partial charge on any atom is 0.357 e. The van der Waals surface area contributed by atoms with Crippen molar-refractivity contribution in [2.24, 2.45) is 5.92 Å². The molecule has 0 spiro atoms. The number of carboxylic acids is 1. The molecule has 27 heavy (non-hydrogen) atoms. The maximum absolute atomic E-state index is 12.1. The third-order valence-electron chi connectivity index (χ3n) is 3.72. The Labute approximate surface area is 160 Å². The Morgan fingerprint density at radius 3 is 2.33 bits per heavy atom. The van der Waals surface area contributed by atoms with Gasteiger partial charge < -0.3 is 19.8 Å². The summed E-state index contributed by atoms with van der Waals surface area (Å²) in [7, 11) is 0.990. The van der Waals surface area contributed by atoms with E-state index in [1.54, 1.807) is 12.1 Å². The molecule has 0 aliphatic carbocycles. The van der Waals surface area contributed by atoms with Crippen molar-refractivity contribution in [2.75, 3.05) is 27.2 Å². The molecule has 2 N–H and O–H groups in total. The Balaban J connectivity index is 2.67. The molecule has 0 saturated carbocycles. The van der Waals surface area contributed by atoms with E-state index in [1.165, 1.54) is 0 Å². The first kappa shape index (κ1) is 22.8. The Morgan fingerprint density at radius 1 is 1.26 bits per heavy atom. The van der Waals surface area contributed by atoms with Crippen molar-refractivity contribution in [2.45, 2.75) is 26.1 Å². The van der Waals surface area contributed by atoms with Gasteiger partial charge in [-0.3, -0.25) is 4.79 Å². The van der Waals surface area contributed by atoms with Gasteiger partial charge in [0.15, 0.2) is 0 Å². The number of rotatable bonds is 8. The van der Waals surface area contributed by atoms with E-state index in [2.05, 4.69) is 31.3 Å². The number of carbonyl (C=O) groups excluding carboxylic acids is 1. The van der Waals surface area contributed by atoms with Crippen molar-refractivity contribution in [3.05, 3.63) is 35.4 Å². The zero-order valence-electron chi connectivity index (χ0n) is 16.1. The maximum atomic E-state index is 12.1. The first-order valence-corrected chi connectivity index (χ1v) is 9.80. The lowest BCUT2D eigenvalue weighted by molar-refractivity contribution is -0.896. The van der Waals surface area contributed by atoms with Crippen LogP contribution in [0.1, 0.15) is 29.8 Å². The van der Waals surface area contributed by atoms with Crippen LogP contribution in [0, 0.1) is 17.8 Å². The molecule has 2 unspecified atom stereocenters. The molecular weight excluding hydrogens is 367 g/mol. The Hall–Kier alpha value is -2.26. The van der Waals surface area contributed by atoms with Gasteiger partial charge in [0.05, 0.1) is 20.6 Å². The van der Waals surface area contributed by atoms with Crippen molar-refractivity contribution in [1.82, 2.24) is 5.32 Å². The van der Waals surface area contributed by atoms with Crippen molar-refractivity contribution in [3.63, 3.8) is 0 Å². The Kier molecular flexibility index (Phi) is 8.58. The van der Waals surface area contributed by atoms with Gasteiger partial charge in [0.2, 0.25) is 0 Å². The highest BCUT2D eigenvalue weighted by molar-refractivity contribution is 7.38. The molecule has 0 bridgehead atoms. The van der Waals surface area contributed by atoms with Crippen LogP contribution >= 0.6 is 8.03 Å². The molecule has 0 heterocycles. The van der Waals surface area contributed by atoms with Crippen molar-refractivity contribution in [3.8, 4) is 11.8 Å². The summed E-state index contributed by atoms with van der Waals surface area (Å²) in [6.07, 6.45) is 0. The molecule has 0 aliphatic rings. The minimum atomic E-state index is -3.16. The number of nitrogens with zero attached hydrogens (tertiary/aromatic N) is 1. The molecule has 1 aromatic carbocycles. The molecule has 2 atom stereocenters. The molecule has 0 saturated heterocycles. The number of benzene rings is 1. The summed E-state index contributed by atoms with van der Waals surface area (Å²) in [5.74, 6) is 4.67. The number of carbonyl (C=O) groups is 2.